The number of ether oxygens (including phenoxy) is 1. The van der Waals surface area contributed by atoms with Crippen molar-refractivity contribution in [1.82, 2.24) is 15.1 Å². The van der Waals surface area contributed by atoms with Crippen LogP contribution in [0.1, 0.15) is 87.9 Å². The van der Waals surface area contributed by atoms with E-state index in [1.165, 1.54) is 70.6 Å². The van der Waals surface area contributed by atoms with Crippen molar-refractivity contribution in [3.8, 4) is 5.88 Å². The van der Waals surface area contributed by atoms with E-state index in [1.807, 2.05) is 0 Å². The number of fused-ring (bicyclic) bond motifs is 2. The van der Waals surface area contributed by atoms with Crippen molar-refractivity contribution in [2.75, 3.05) is 13.2 Å². The highest BCUT2D eigenvalue weighted by Gasteiger charge is 2.35. The number of hydrogen-bond acceptors (Lipinski definition) is 4. The van der Waals surface area contributed by atoms with E-state index in [1.54, 1.807) is 10.9 Å². The first-order chi connectivity index (χ1) is 14.6. The Morgan fingerprint density at radius 3 is 2.60 bits per heavy atom. The van der Waals surface area contributed by atoms with Crippen LogP contribution in [0.15, 0.2) is 6.20 Å². The van der Waals surface area contributed by atoms with E-state index in [0.717, 1.165) is 11.8 Å². The smallest absolute Gasteiger partial charge is 0.258 e. The predicted molar refractivity (Wildman–Crippen MR) is 116 cm³/mol. The zero-order valence-corrected chi connectivity index (χ0v) is 18.5. The molecule has 3 unspecified atom stereocenters. The lowest BCUT2D eigenvalue weighted by molar-refractivity contribution is 0.0848. The first kappa shape index (κ1) is 21.7. The molecule has 3 saturated carbocycles. The third kappa shape index (κ3) is 5.19. The Kier molecular flexibility index (Phi) is 7.34. The van der Waals surface area contributed by atoms with Crippen molar-refractivity contribution in [2.45, 2.75) is 90.1 Å². The van der Waals surface area contributed by atoms with Crippen molar-refractivity contribution in [2.24, 2.45) is 23.7 Å². The zero-order valence-electron chi connectivity index (χ0n) is 18.5. The van der Waals surface area contributed by atoms with Crippen LogP contribution in [0.5, 0.6) is 5.88 Å². The van der Waals surface area contributed by atoms with Crippen molar-refractivity contribution in [3.05, 3.63) is 11.8 Å². The number of aliphatic hydroxyl groups excluding tert-OH is 1. The second-order valence-corrected chi connectivity index (χ2v) is 10.0. The molecule has 1 aromatic rings. The van der Waals surface area contributed by atoms with Gasteiger partial charge in [0.15, 0.2) is 0 Å². The van der Waals surface area contributed by atoms with Crippen LogP contribution in [0.2, 0.25) is 0 Å². The van der Waals surface area contributed by atoms with Crippen LogP contribution in [0.3, 0.4) is 0 Å². The summed E-state index contributed by atoms with van der Waals surface area (Å²) in [7, 11) is 0. The first-order valence-corrected chi connectivity index (χ1v) is 12.2. The molecular formula is C24H39N3O3. The highest BCUT2D eigenvalue weighted by Crippen LogP contribution is 2.43. The Bertz CT molecular complexity index is 686. The Labute approximate surface area is 180 Å². The number of carbonyl (C=O) groups excluding carboxylic acids is 1. The van der Waals surface area contributed by atoms with Gasteiger partial charge in [0.2, 0.25) is 5.88 Å². The van der Waals surface area contributed by atoms with E-state index in [0.29, 0.717) is 36.4 Å². The number of aliphatic hydroxyl groups is 1. The van der Waals surface area contributed by atoms with Crippen molar-refractivity contribution >= 4 is 5.91 Å². The molecule has 1 aromatic heterocycles. The average molecular weight is 418 g/mol. The summed E-state index contributed by atoms with van der Waals surface area (Å²) in [6, 6.07) is 0.160. The molecule has 3 atom stereocenters. The van der Waals surface area contributed by atoms with Crippen LogP contribution in [0.4, 0.5) is 0 Å². The van der Waals surface area contributed by atoms with Gasteiger partial charge in [0.25, 0.3) is 5.91 Å². The number of carbonyl (C=O) groups is 1. The maximum absolute atomic E-state index is 13.1. The number of aromatic nitrogens is 2. The van der Waals surface area contributed by atoms with Gasteiger partial charge in [-0.2, -0.15) is 5.10 Å². The monoisotopic (exact) mass is 417 g/mol. The van der Waals surface area contributed by atoms with Crippen molar-refractivity contribution < 1.29 is 14.6 Å². The lowest BCUT2D eigenvalue weighted by Crippen LogP contribution is -2.42. The fraction of sp³-hybridized carbons (Fsp3) is 0.833. The predicted octanol–water partition coefficient (Wildman–Crippen LogP) is 4.17. The number of nitrogens with one attached hydrogen (secondary N) is 1. The highest BCUT2D eigenvalue weighted by molar-refractivity contribution is 5.96. The molecule has 168 valence electrons. The lowest BCUT2D eigenvalue weighted by atomic mass is 9.66. The molecule has 0 aliphatic heterocycles. The van der Waals surface area contributed by atoms with Crippen molar-refractivity contribution in [3.63, 3.8) is 0 Å². The highest BCUT2D eigenvalue weighted by atomic mass is 16.5. The summed E-state index contributed by atoms with van der Waals surface area (Å²) in [6.07, 6.45) is 15.8. The van der Waals surface area contributed by atoms with Crippen LogP contribution in [-0.2, 0) is 6.54 Å². The summed E-state index contributed by atoms with van der Waals surface area (Å²) < 4.78 is 7.77. The molecule has 2 N–H and O–H groups in total. The lowest BCUT2D eigenvalue weighted by Gasteiger charge is -2.41. The SMILES string of the molecule is CC(NC(=O)c1cnn(CCO)c1OCC1CCCCC1)C1CC2CCCC(C2)C1. The molecule has 0 saturated heterocycles. The fourth-order valence-electron chi connectivity index (χ4n) is 6.08. The number of rotatable bonds is 8. The molecule has 30 heavy (non-hydrogen) atoms. The normalized spacial score (nSPS) is 28.1. The second-order valence-electron chi connectivity index (χ2n) is 10.0. The van der Waals surface area contributed by atoms with E-state index in [9.17, 15) is 9.90 Å². The molecule has 0 spiro atoms. The molecule has 3 aliphatic carbocycles. The quantitative estimate of drug-likeness (QED) is 0.666. The number of nitrogens with zero attached hydrogens (tertiary/aromatic N) is 2. The molecule has 6 nitrogen and oxygen atoms in total. The molecule has 1 heterocycles. The Hall–Kier alpha value is -1.56. The maximum Gasteiger partial charge on any atom is 0.258 e. The molecule has 1 amide bonds. The maximum atomic E-state index is 13.1. The van der Waals surface area contributed by atoms with Crippen LogP contribution >= 0.6 is 0 Å². The summed E-state index contributed by atoms with van der Waals surface area (Å²) in [6.45, 7) is 3.10. The van der Waals surface area contributed by atoms with Gasteiger partial charge < -0.3 is 15.2 Å². The minimum atomic E-state index is -0.0962. The van der Waals surface area contributed by atoms with Gasteiger partial charge in [0.1, 0.15) is 5.56 Å². The van der Waals surface area contributed by atoms with Crippen LogP contribution < -0.4 is 10.1 Å². The minimum Gasteiger partial charge on any atom is -0.477 e. The second kappa shape index (κ2) is 10.2. The summed E-state index contributed by atoms with van der Waals surface area (Å²) in [4.78, 5) is 13.1. The fourth-order valence-corrected chi connectivity index (χ4v) is 6.08. The van der Waals surface area contributed by atoms with E-state index in [4.69, 9.17) is 4.74 Å². The number of hydrogen-bond donors (Lipinski definition) is 2. The summed E-state index contributed by atoms with van der Waals surface area (Å²) in [5, 5.41) is 17.0. The van der Waals surface area contributed by atoms with Gasteiger partial charge in [-0.3, -0.25) is 4.79 Å². The van der Waals surface area contributed by atoms with Crippen LogP contribution in [0.25, 0.3) is 0 Å². The van der Waals surface area contributed by atoms with Gasteiger partial charge in [-0.1, -0.05) is 38.5 Å². The Morgan fingerprint density at radius 2 is 1.90 bits per heavy atom. The molecule has 0 aromatic carbocycles. The van der Waals surface area contributed by atoms with E-state index in [2.05, 4.69) is 17.3 Å². The largest absolute Gasteiger partial charge is 0.477 e. The average Bonchev–Trinajstić information content (AvgIpc) is 3.15. The van der Waals surface area contributed by atoms with Gasteiger partial charge in [-0.15, -0.1) is 0 Å². The van der Waals surface area contributed by atoms with Crippen molar-refractivity contribution in [1.29, 1.82) is 0 Å². The molecular weight excluding hydrogens is 378 g/mol. The third-order valence-electron chi connectivity index (χ3n) is 7.76. The van der Waals surface area contributed by atoms with Gasteiger partial charge in [0.05, 0.1) is 26.0 Å². The van der Waals surface area contributed by atoms with Crippen LogP contribution in [0, 0.1) is 23.7 Å². The van der Waals surface area contributed by atoms with Gasteiger partial charge >= 0.3 is 0 Å². The van der Waals surface area contributed by atoms with Gasteiger partial charge in [0, 0.05) is 6.04 Å². The van der Waals surface area contributed by atoms with E-state index < -0.39 is 0 Å². The molecule has 0 radical (unpaired) electrons. The zero-order chi connectivity index (χ0) is 20.9. The van der Waals surface area contributed by atoms with Crippen LogP contribution in [-0.4, -0.2) is 40.0 Å². The molecule has 3 fully saturated rings. The number of amides is 1. The van der Waals surface area contributed by atoms with Gasteiger partial charge in [-0.25, -0.2) is 4.68 Å². The molecule has 6 heteroatoms. The molecule has 3 aliphatic rings. The van der Waals surface area contributed by atoms with E-state index in [-0.39, 0.29) is 18.6 Å². The molecule has 2 bridgehead atoms. The first-order valence-electron chi connectivity index (χ1n) is 12.2. The standard InChI is InChI=1S/C24H39N3O3/c1-17(21-13-19-8-5-9-20(12-19)14-21)26-23(29)22-15-25-27(10-11-28)24(22)30-16-18-6-3-2-4-7-18/h15,17-21,28H,2-14,16H2,1H3,(H,26,29). The topological polar surface area (TPSA) is 76.4 Å². The third-order valence-corrected chi connectivity index (χ3v) is 7.76. The van der Waals surface area contributed by atoms with E-state index >= 15 is 0 Å². The Morgan fingerprint density at radius 1 is 1.17 bits per heavy atom. The minimum absolute atomic E-state index is 0.0240. The summed E-state index contributed by atoms with van der Waals surface area (Å²) in [5.41, 5.74) is 0.502. The summed E-state index contributed by atoms with van der Waals surface area (Å²) >= 11 is 0. The summed E-state index contributed by atoms with van der Waals surface area (Å²) in [5.74, 6) is 3.23. The molecule has 4 rings (SSSR count). The van der Waals surface area contributed by atoms with Gasteiger partial charge in [-0.05, 0) is 62.7 Å². The Balaban J connectivity index is 1.39.